The monoisotopic (exact) mass is 166 g/mol. The minimum atomic E-state index is -0.890. The molecule has 0 spiro atoms. The van der Waals surface area contributed by atoms with Gasteiger partial charge in [0.15, 0.2) is 0 Å². The Kier molecular flexibility index (Phi) is 2.23. The van der Waals surface area contributed by atoms with Crippen LogP contribution in [0.1, 0.15) is 40.0 Å². The summed E-state index contributed by atoms with van der Waals surface area (Å²) in [5, 5.41) is 9.53. The highest BCUT2D eigenvalue weighted by molar-refractivity contribution is 5.06. The number of aliphatic hydroxyl groups is 1. The van der Waals surface area contributed by atoms with Gasteiger partial charge in [-0.1, -0.05) is 19.8 Å². The average Bonchev–Trinajstić information content (AvgIpc) is 2.56. The smallest absolute Gasteiger partial charge is 0.122 e. The lowest BCUT2D eigenvalue weighted by molar-refractivity contribution is 0.107. The van der Waals surface area contributed by atoms with E-state index in [9.17, 15) is 5.11 Å². The third-order valence-electron chi connectivity index (χ3n) is 3.01. The summed E-state index contributed by atoms with van der Waals surface area (Å²) in [5.74, 6) is 3.18. The molecule has 0 aromatic heterocycles. The van der Waals surface area contributed by atoms with Crippen molar-refractivity contribution in [3.63, 3.8) is 0 Å². The number of rotatable bonds is 3. The number of hydrogen-bond donors (Lipinski definition) is 1. The first-order chi connectivity index (χ1) is 5.37. The molecule has 0 heterocycles. The van der Waals surface area contributed by atoms with Crippen molar-refractivity contribution >= 4 is 0 Å². The second-order valence-corrected chi connectivity index (χ2v) is 4.85. The molecule has 1 heteroatoms. The van der Waals surface area contributed by atoms with Gasteiger partial charge in [-0.2, -0.15) is 0 Å². The van der Waals surface area contributed by atoms with Gasteiger partial charge in [0, 0.05) is 0 Å². The van der Waals surface area contributed by atoms with Crippen LogP contribution in [0.5, 0.6) is 0 Å². The van der Waals surface area contributed by atoms with Crippen LogP contribution in [-0.4, -0.2) is 10.7 Å². The predicted molar refractivity (Wildman–Crippen MR) is 50.6 cm³/mol. The molecule has 0 aliphatic heterocycles. The van der Waals surface area contributed by atoms with E-state index in [0.717, 1.165) is 18.8 Å². The van der Waals surface area contributed by atoms with Crippen LogP contribution in [0, 0.1) is 23.7 Å². The van der Waals surface area contributed by atoms with Gasteiger partial charge < -0.3 is 5.11 Å². The molecule has 0 aromatic rings. The Morgan fingerprint density at radius 3 is 2.50 bits per heavy atom. The van der Waals surface area contributed by atoms with Crippen molar-refractivity contribution in [2.45, 2.75) is 45.6 Å². The molecule has 1 rings (SSSR count). The second kappa shape index (κ2) is 2.78. The summed E-state index contributed by atoms with van der Waals surface area (Å²) in [4.78, 5) is 0. The van der Waals surface area contributed by atoms with E-state index in [0.29, 0.717) is 5.41 Å². The van der Waals surface area contributed by atoms with E-state index in [-0.39, 0.29) is 0 Å². The molecule has 68 valence electrons. The molecular weight excluding hydrogens is 148 g/mol. The minimum Gasteiger partial charge on any atom is -0.378 e. The first-order valence-corrected chi connectivity index (χ1v) is 4.57. The van der Waals surface area contributed by atoms with E-state index in [1.807, 2.05) is 0 Å². The van der Waals surface area contributed by atoms with Crippen LogP contribution in [0.2, 0.25) is 0 Å². The fourth-order valence-corrected chi connectivity index (χ4v) is 1.60. The zero-order chi connectivity index (χ0) is 9.41. The van der Waals surface area contributed by atoms with Gasteiger partial charge in [0.05, 0.1) is 0 Å². The van der Waals surface area contributed by atoms with Crippen LogP contribution >= 0.6 is 0 Å². The van der Waals surface area contributed by atoms with Gasteiger partial charge >= 0.3 is 0 Å². The molecule has 12 heavy (non-hydrogen) atoms. The molecule has 1 N–H and O–H groups in total. The topological polar surface area (TPSA) is 20.2 Å². The molecule has 1 fully saturated rings. The Hall–Kier alpha value is -0.480. The Morgan fingerprint density at radius 2 is 2.17 bits per heavy atom. The van der Waals surface area contributed by atoms with Crippen LogP contribution in [0.15, 0.2) is 0 Å². The summed E-state index contributed by atoms with van der Waals surface area (Å²) in [6, 6.07) is 0. The first kappa shape index (κ1) is 9.61. The standard InChI is InChI=1S/C11H18O/c1-5-11(4,12)7-6-9-8-10(9,2)3/h1,9,12H,6-8H2,2-4H3. The molecule has 1 aliphatic rings. The van der Waals surface area contributed by atoms with E-state index < -0.39 is 5.60 Å². The van der Waals surface area contributed by atoms with Crippen LogP contribution in [-0.2, 0) is 0 Å². The van der Waals surface area contributed by atoms with Crippen molar-refractivity contribution in [3.05, 3.63) is 0 Å². The summed E-state index contributed by atoms with van der Waals surface area (Å²) in [5.41, 5.74) is -0.386. The molecule has 0 amide bonds. The Morgan fingerprint density at radius 1 is 1.67 bits per heavy atom. The predicted octanol–water partition coefficient (Wildman–Crippen LogP) is 2.20. The van der Waals surface area contributed by atoms with Gasteiger partial charge in [0.1, 0.15) is 5.60 Å². The van der Waals surface area contributed by atoms with E-state index in [2.05, 4.69) is 19.8 Å². The van der Waals surface area contributed by atoms with Crippen LogP contribution in [0.25, 0.3) is 0 Å². The third-order valence-corrected chi connectivity index (χ3v) is 3.01. The number of terminal acetylenes is 1. The zero-order valence-electron chi connectivity index (χ0n) is 8.22. The molecule has 0 aromatic carbocycles. The molecule has 1 saturated carbocycles. The van der Waals surface area contributed by atoms with Gasteiger partial charge in [0.25, 0.3) is 0 Å². The van der Waals surface area contributed by atoms with Crippen molar-refractivity contribution in [2.75, 3.05) is 0 Å². The highest BCUT2D eigenvalue weighted by Gasteiger charge is 2.45. The Labute approximate surface area is 75.2 Å². The van der Waals surface area contributed by atoms with Gasteiger partial charge in [-0.3, -0.25) is 0 Å². The molecule has 2 unspecified atom stereocenters. The van der Waals surface area contributed by atoms with Crippen molar-refractivity contribution < 1.29 is 5.11 Å². The normalized spacial score (nSPS) is 30.4. The molecule has 1 nitrogen and oxygen atoms in total. The van der Waals surface area contributed by atoms with E-state index >= 15 is 0 Å². The zero-order valence-corrected chi connectivity index (χ0v) is 8.22. The molecule has 0 saturated heterocycles. The van der Waals surface area contributed by atoms with Crippen LogP contribution in [0.4, 0.5) is 0 Å². The van der Waals surface area contributed by atoms with Gasteiger partial charge in [-0.15, -0.1) is 6.42 Å². The largest absolute Gasteiger partial charge is 0.378 e. The van der Waals surface area contributed by atoms with Gasteiger partial charge in [0.2, 0.25) is 0 Å². The summed E-state index contributed by atoms with van der Waals surface area (Å²) in [7, 11) is 0. The molecule has 2 atom stereocenters. The average molecular weight is 166 g/mol. The lowest BCUT2D eigenvalue weighted by atomic mass is 9.97. The summed E-state index contributed by atoms with van der Waals surface area (Å²) in [6.45, 7) is 6.24. The van der Waals surface area contributed by atoms with Crippen molar-refractivity contribution in [3.8, 4) is 12.3 Å². The van der Waals surface area contributed by atoms with Crippen LogP contribution in [0.3, 0.4) is 0 Å². The second-order valence-electron chi connectivity index (χ2n) is 4.85. The first-order valence-electron chi connectivity index (χ1n) is 4.57. The quantitative estimate of drug-likeness (QED) is 0.637. The van der Waals surface area contributed by atoms with Crippen molar-refractivity contribution in [2.24, 2.45) is 11.3 Å². The maximum atomic E-state index is 9.53. The van der Waals surface area contributed by atoms with Crippen LogP contribution < -0.4 is 0 Å². The molecule has 0 bridgehead atoms. The molecule has 0 radical (unpaired) electrons. The summed E-state index contributed by atoms with van der Waals surface area (Å²) in [6.07, 6.45) is 8.26. The maximum Gasteiger partial charge on any atom is 0.122 e. The fourth-order valence-electron chi connectivity index (χ4n) is 1.60. The summed E-state index contributed by atoms with van der Waals surface area (Å²) < 4.78 is 0. The maximum absolute atomic E-state index is 9.53. The van der Waals surface area contributed by atoms with E-state index in [1.54, 1.807) is 6.92 Å². The number of hydrogen-bond acceptors (Lipinski definition) is 1. The van der Waals surface area contributed by atoms with Gasteiger partial charge in [-0.05, 0) is 37.5 Å². The van der Waals surface area contributed by atoms with Crippen molar-refractivity contribution in [1.29, 1.82) is 0 Å². The van der Waals surface area contributed by atoms with E-state index in [1.165, 1.54) is 6.42 Å². The SMILES string of the molecule is C#CC(C)(O)CCC1CC1(C)C. The fraction of sp³-hybridized carbons (Fsp3) is 0.818. The molecular formula is C11H18O. The third kappa shape index (κ3) is 2.25. The minimum absolute atomic E-state index is 0.505. The summed E-state index contributed by atoms with van der Waals surface area (Å²) >= 11 is 0. The highest BCUT2D eigenvalue weighted by atomic mass is 16.3. The lowest BCUT2D eigenvalue weighted by Crippen LogP contribution is -2.21. The lowest BCUT2D eigenvalue weighted by Gasteiger charge is -2.15. The highest BCUT2D eigenvalue weighted by Crippen LogP contribution is 2.54. The van der Waals surface area contributed by atoms with E-state index in [4.69, 9.17) is 6.42 Å². The molecule has 1 aliphatic carbocycles. The van der Waals surface area contributed by atoms with Gasteiger partial charge in [-0.25, -0.2) is 0 Å². The Balaban J connectivity index is 2.25. The van der Waals surface area contributed by atoms with Crippen molar-refractivity contribution in [1.82, 2.24) is 0 Å². The Bertz CT molecular complexity index is 208.